The van der Waals surface area contributed by atoms with Gasteiger partial charge in [-0.2, -0.15) is 0 Å². The van der Waals surface area contributed by atoms with Crippen molar-refractivity contribution in [3.8, 4) is 5.75 Å². The molecule has 20 heavy (non-hydrogen) atoms. The molecule has 6 heteroatoms. The van der Waals surface area contributed by atoms with E-state index in [9.17, 15) is 9.59 Å². The summed E-state index contributed by atoms with van der Waals surface area (Å²) in [5.74, 6) is 0.618. The summed E-state index contributed by atoms with van der Waals surface area (Å²) in [5.41, 5.74) is -0.0505. The second-order valence-electron chi connectivity index (χ2n) is 5.00. The summed E-state index contributed by atoms with van der Waals surface area (Å²) >= 11 is 0. The van der Waals surface area contributed by atoms with Gasteiger partial charge in [-0.3, -0.25) is 9.36 Å². The maximum absolute atomic E-state index is 12.5. The number of hydrogen-bond acceptors (Lipinski definition) is 4. The average molecular weight is 275 g/mol. The molecule has 6 nitrogen and oxygen atoms in total. The van der Waals surface area contributed by atoms with E-state index in [0.717, 1.165) is 25.9 Å². The predicted molar refractivity (Wildman–Crippen MR) is 76.5 cm³/mol. The third-order valence-corrected chi connectivity index (χ3v) is 3.81. The summed E-state index contributed by atoms with van der Waals surface area (Å²) < 4.78 is 6.47. The van der Waals surface area contributed by atoms with Gasteiger partial charge in [-0.05, 0) is 38.1 Å². The highest BCUT2D eigenvalue weighted by molar-refractivity contribution is 5.78. The highest BCUT2D eigenvalue weighted by Gasteiger charge is 2.19. The molecule has 1 aromatic heterocycles. The minimum absolute atomic E-state index is 0.0287. The van der Waals surface area contributed by atoms with Crippen LogP contribution in [0, 0.1) is 0 Å². The summed E-state index contributed by atoms with van der Waals surface area (Å²) in [6.07, 6.45) is 1.59. The second-order valence-corrected chi connectivity index (χ2v) is 5.00. The Balaban J connectivity index is 2.19. The molecule has 0 radical (unpaired) electrons. The number of fused-ring (bicyclic) bond motifs is 1. The quantitative estimate of drug-likeness (QED) is 0.842. The van der Waals surface area contributed by atoms with Crippen LogP contribution in [-0.2, 0) is 0 Å². The SMILES string of the molecule is COc1ccc2c(=O)n(C3CCNCC3)c(=O)[nH]c2c1. The number of hydrogen-bond donors (Lipinski definition) is 2. The lowest BCUT2D eigenvalue weighted by atomic mass is 10.1. The van der Waals surface area contributed by atoms with Crippen LogP contribution in [0.2, 0.25) is 0 Å². The first-order chi connectivity index (χ1) is 9.70. The van der Waals surface area contributed by atoms with E-state index in [0.29, 0.717) is 16.7 Å². The fourth-order valence-electron chi connectivity index (χ4n) is 2.73. The van der Waals surface area contributed by atoms with Crippen molar-refractivity contribution in [1.29, 1.82) is 0 Å². The van der Waals surface area contributed by atoms with Crippen molar-refractivity contribution >= 4 is 10.9 Å². The van der Waals surface area contributed by atoms with Crippen molar-refractivity contribution in [3.63, 3.8) is 0 Å². The van der Waals surface area contributed by atoms with Crippen molar-refractivity contribution in [2.75, 3.05) is 20.2 Å². The molecule has 0 atom stereocenters. The molecule has 1 saturated heterocycles. The van der Waals surface area contributed by atoms with Gasteiger partial charge in [0.2, 0.25) is 0 Å². The van der Waals surface area contributed by atoms with Gasteiger partial charge in [0.25, 0.3) is 5.56 Å². The molecule has 0 bridgehead atoms. The first-order valence-corrected chi connectivity index (χ1v) is 6.74. The van der Waals surface area contributed by atoms with Crippen LogP contribution in [0.3, 0.4) is 0 Å². The highest BCUT2D eigenvalue weighted by Crippen LogP contribution is 2.18. The van der Waals surface area contributed by atoms with Gasteiger partial charge >= 0.3 is 5.69 Å². The van der Waals surface area contributed by atoms with E-state index < -0.39 is 0 Å². The number of piperidine rings is 1. The van der Waals surface area contributed by atoms with Gasteiger partial charge in [0.1, 0.15) is 5.75 Å². The number of H-pyrrole nitrogens is 1. The third-order valence-electron chi connectivity index (χ3n) is 3.81. The van der Waals surface area contributed by atoms with Gasteiger partial charge in [-0.25, -0.2) is 4.79 Å². The molecule has 0 aliphatic carbocycles. The Morgan fingerprint density at radius 2 is 2.00 bits per heavy atom. The van der Waals surface area contributed by atoms with Crippen LogP contribution >= 0.6 is 0 Å². The molecule has 2 N–H and O–H groups in total. The maximum atomic E-state index is 12.5. The van der Waals surface area contributed by atoms with Crippen molar-refractivity contribution in [2.45, 2.75) is 18.9 Å². The molecular formula is C14H17N3O3. The number of ether oxygens (including phenoxy) is 1. The zero-order valence-corrected chi connectivity index (χ0v) is 11.3. The maximum Gasteiger partial charge on any atom is 0.329 e. The molecule has 2 aromatic rings. The monoisotopic (exact) mass is 275 g/mol. The molecule has 1 aliphatic rings. The molecule has 0 amide bonds. The highest BCUT2D eigenvalue weighted by atomic mass is 16.5. The van der Waals surface area contributed by atoms with Crippen LogP contribution in [0.1, 0.15) is 18.9 Å². The Hall–Kier alpha value is -2.08. The van der Waals surface area contributed by atoms with Crippen LogP contribution in [0.4, 0.5) is 0 Å². The zero-order valence-electron chi connectivity index (χ0n) is 11.3. The summed E-state index contributed by atoms with van der Waals surface area (Å²) in [6.45, 7) is 1.66. The van der Waals surface area contributed by atoms with E-state index in [1.165, 1.54) is 4.57 Å². The van der Waals surface area contributed by atoms with Crippen molar-refractivity contribution in [2.24, 2.45) is 0 Å². The second kappa shape index (κ2) is 5.13. The van der Waals surface area contributed by atoms with Gasteiger partial charge in [0.15, 0.2) is 0 Å². The fourth-order valence-corrected chi connectivity index (χ4v) is 2.73. The van der Waals surface area contributed by atoms with Crippen molar-refractivity contribution in [3.05, 3.63) is 39.0 Å². The summed E-state index contributed by atoms with van der Waals surface area (Å²) in [4.78, 5) is 27.5. The number of aromatic amines is 1. The number of rotatable bonds is 2. The van der Waals surface area contributed by atoms with Crippen LogP contribution in [0.25, 0.3) is 10.9 Å². The number of aromatic nitrogens is 2. The minimum atomic E-state index is -0.345. The molecule has 1 fully saturated rings. The number of methoxy groups -OCH3 is 1. The molecule has 3 rings (SSSR count). The average Bonchev–Trinajstić information content (AvgIpc) is 2.47. The summed E-state index contributed by atoms with van der Waals surface area (Å²) in [6, 6.07) is 5.07. The first-order valence-electron chi connectivity index (χ1n) is 6.74. The largest absolute Gasteiger partial charge is 0.497 e. The van der Waals surface area contributed by atoms with Gasteiger partial charge in [-0.15, -0.1) is 0 Å². The molecule has 0 saturated carbocycles. The number of nitrogens with one attached hydrogen (secondary N) is 2. The van der Waals surface area contributed by atoms with E-state index in [4.69, 9.17) is 4.74 Å². The Morgan fingerprint density at radius 3 is 2.70 bits per heavy atom. The summed E-state index contributed by atoms with van der Waals surface area (Å²) in [5, 5.41) is 3.75. The lowest BCUT2D eigenvalue weighted by Gasteiger charge is -2.24. The van der Waals surface area contributed by atoms with Gasteiger partial charge in [0.05, 0.1) is 18.0 Å². The Kier molecular flexibility index (Phi) is 3.31. The lowest BCUT2D eigenvalue weighted by molar-refractivity contribution is 0.352. The van der Waals surface area contributed by atoms with E-state index in [-0.39, 0.29) is 17.3 Å². The van der Waals surface area contributed by atoms with Crippen LogP contribution in [0.15, 0.2) is 27.8 Å². The van der Waals surface area contributed by atoms with Crippen LogP contribution in [-0.4, -0.2) is 29.8 Å². The normalized spacial score (nSPS) is 16.4. The Labute approximate surface area is 115 Å². The zero-order chi connectivity index (χ0) is 14.1. The molecular weight excluding hydrogens is 258 g/mol. The van der Waals surface area contributed by atoms with E-state index in [1.54, 1.807) is 25.3 Å². The minimum Gasteiger partial charge on any atom is -0.497 e. The number of benzene rings is 1. The van der Waals surface area contributed by atoms with Crippen LogP contribution < -0.4 is 21.3 Å². The van der Waals surface area contributed by atoms with Gasteiger partial charge < -0.3 is 15.0 Å². The topological polar surface area (TPSA) is 76.1 Å². The molecule has 0 unspecified atom stereocenters. The van der Waals surface area contributed by atoms with Crippen molar-refractivity contribution < 1.29 is 4.74 Å². The Bertz CT molecular complexity index is 741. The standard InChI is InChI=1S/C14H17N3O3/c1-20-10-2-3-11-12(8-10)16-14(19)17(13(11)18)9-4-6-15-7-5-9/h2-3,8-9,15H,4-7H2,1H3,(H,16,19). The lowest BCUT2D eigenvalue weighted by Crippen LogP contribution is -2.42. The van der Waals surface area contributed by atoms with Crippen molar-refractivity contribution in [1.82, 2.24) is 14.9 Å². The van der Waals surface area contributed by atoms with E-state index in [2.05, 4.69) is 10.3 Å². The third kappa shape index (κ3) is 2.12. The van der Waals surface area contributed by atoms with E-state index >= 15 is 0 Å². The first kappa shape index (κ1) is 12.9. The van der Waals surface area contributed by atoms with Gasteiger partial charge in [0, 0.05) is 12.1 Å². The molecule has 2 heterocycles. The predicted octanol–water partition coefficient (Wildman–Crippen LogP) is 0.623. The van der Waals surface area contributed by atoms with E-state index in [1.807, 2.05) is 0 Å². The molecule has 106 valence electrons. The fraction of sp³-hybridized carbons (Fsp3) is 0.429. The van der Waals surface area contributed by atoms with Crippen LogP contribution in [0.5, 0.6) is 5.75 Å². The molecule has 1 aliphatic heterocycles. The Morgan fingerprint density at radius 1 is 1.25 bits per heavy atom. The van der Waals surface area contributed by atoms with Gasteiger partial charge in [-0.1, -0.05) is 0 Å². The summed E-state index contributed by atoms with van der Waals surface area (Å²) in [7, 11) is 1.55. The number of nitrogens with zero attached hydrogens (tertiary/aromatic N) is 1. The molecule has 0 spiro atoms. The smallest absolute Gasteiger partial charge is 0.329 e. The molecule has 1 aromatic carbocycles.